The second kappa shape index (κ2) is 5.47. The summed E-state index contributed by atoms with van der Waals surface area (Å²) < 4.78 is 15.6. The van der Waals surface area contributed by atoms with Gasteiger partial charge in [-0.1, -0.05) is 0 Å². The molecule has 1 amide bonds. The number of fused-ring (bicyclic) bond motifs is 1. The molecule has 1 aliphatic heterocycles. The van der Waals surface area contributed by atoms with E-state index < -0.39 is 5.97 Å². The largest absolute Gasteiger partial charge is 0.492 e. The number of carboxylic acid groups (broad SMARTS) is 1. The number of hydrogen-bond acceptors (Lipinski definition) is 5. The average Bonchev–Trinajstić information content (AvgIpc) is 2.84. The highest BCUT2D eigenvalue weighted by atomic mass is 16.7. The van der Waals surface area contributed by atoms with E-state index in [9.17, 15) is 9.59 Å². The van der Waals surface area contributed by atoms with Gasteiger partial charge in [0.25, 0.3) is 0 Å². The van der Waals surface area contributed by atoms with Crippen LogP contribution in [-0.4, -0.2) is 37.4 Å². The van der Waals surface area contributed by atoms with Gasteiger partial charge in [0.2, 0.25) is 12.7 Å². The van der Waals surface area contributed by atoms with E-state index in [0.717, 1.165) is 0 Å². The molecule has 0 atom stereocenters. The van der Waals surface area contributed by atoms with Gasteiger partial charge in [0.1, 0.15) is 11.3 Å². The van der Waals surface area contributed by atoms with Gasteiger partial charge in [-0.05, 0) is 0 Å². The van der Waals surface area contributed by atoms with Crippen LogP contribution in [0.4, 0.5) is 0 Å². The fourth-order valence-electron chi connectivity index (χ4n) is 1.59. The van der Waals surface area contributed by atoms with E-state index in [4.69, 9.17) is 19.3 Å². The van der Waals surface area contributed by atoms with Crippen LogP contribution in [0, 0.1) is 0 Å². The molecule has 1 aromatic rings. The van der Waals surface area contributed by atoms with Crippen LogP contribution in [0.3, 0.4) is 0 Å². The van der Waals surface area contributed by atoms with Crippen LogP contribution in [0.25, 0.3) is 0 Å². The third-order valence-electron chi connectivity index (χ3n) is 2.57. The topological polar surface area (TPSA) is 94.1 Å². The maximum absolute atomic E-state index is 11.1. The van der Waals surface area contributed by atoms with Gasteiger partial charge < -0.3 is 24.6 Å². The zero-order chi connectivity index (χ0) is 13.8. The molecular formula is C12H13NO6. The average molecular weight is 267 g/mol. The molecule has 0 saturated heterocycles. The van der Waals surface area contributed by atoms with Crippen molar-refractivity contribution in [2.45, 2.75) is 6.42 Å². The number of ether oxygens (including phenoxy) is 3. The number of carbonyl (C=O) groups excluding carboxylic acids is 1. The lowest BCUT2D eigenvalue weighted by Crippen LogP contribution is -2.20. The molecule has 2 N–H and O–H groups in total. The molecule has 0 aliphatic carbocycles. The first kappa shape index (κ1) is 13.0. The van der Waals surface area contributed by atoms with Crippen molar-refractivity contribution >= 4 is 11.9 Å². The van der Waals surface area contributed by atoms with Crippen LogP contribution in [0.5, 0.6) is 17.2 Å². The smallest absolute Gasteiger partial charge is 0.339 e. The standard InChI is InChI=1S/C12H13NO6/c1-13-11(14)2-3-17-8-5-10-9(18-6-19-10)4-7(8)12(15)16/h4-5H,2-3,6H2,1H3,(H,13,14)(H,15,16). The van der Waals surface area contributed by atoms with Crippen LogP contribution in [0.1, 0.15) is 16.8 Å². The minimum Gasteiger partial charge on any atom is -0.492 e. The van der Waals surface area contributed by atoms with Crippen LogP contribution >= 0.6 is 0 Å². The van der Waals surface area contributed by atoms with Crippen molar-refractivity contribution in [2.75, 3.05) is 20.4 Å². The summed E-state index contributed by atoms with van der Waals surface area (Å²) in [6.07, 6.45) is 0.143. The maximum atomic E-state index is 11.1. The zero-order valence-corrected chi connectivity index (χ0v) is 10.3. The number of benzene rings is 1. The Morgan fingerprint density at radius 2 is 2.05 bits per heavy atom. The Morgan fingerprint density at radius 1 is 1.37 bits per heavy atom. The Kier molecular flexibility index (Phi) is 3.74. The summed E-state index contributed by atoms with van der Waals surface area (Å²) in [7, 11) is 1.52. The number of aromatic carboxylic acids is 1. The fourth-order valence-corrected chi connectivity index (χ4v) is 1.59. The van der Waals surface area contributed by atoms with Crippen molar-refractivity contribution in [3.8, 4) is 17.2 Å². The van der Waals surface area contributed by atoms with Gasteiger partial charge in [-0.25, -0.2) is 4.79 Å². The number of carboxylic acids is 1. The Hall–Kier alpha value is -2.44. The van der Waals surface area contributed by atoms with Gasteiger partial charge in [0.05, 0.1) is 13.0 Å². The predicted octanol–water partition coefficient (Wildman–Crippen LogP) is 0.628. The molecule has 19 heavy (non-hydrogen) atoms. The molecule has 0 spiro atoms. The highest BCUT2D eigenvalue weighted by Gasteiger charge is 2.21. The van der Waals surface area contributed by atoms with Crippen molar-refractivity contribution < 1.29 is 28.9 Å². The van der Waals surface area contributed by atoms with E-state index in [0.29, 0.717) is 11.5 Å². The molecule has 7 heteroatoms. The SMILES string of the molecule is CNC(=O)CCOc1cc2c(cc1C(=O)O)OCO2. The van der Waals surface area contributed by atoms with Crippen molar-refractivity contribution in [2.24, 2.45) is 0 Å². The summed E-state index contributed by atoms with van der Waals surface area (Å²) in [6, 6.07) is 2.80. The van der Waals surface area contributed by atoms with E-state index >= 15 is 0 Å². The molecule has 0 fully saturated rings. The third kappa shape index (κ3) is 2.87. The Labute approximate surface area is 109 Å². The molecule has 0 saturated carbocycles. The highest BCUT2D eigenvalue weighted by molar-refractivity contribution is 5.92. The number of hydrogen-bond donors (Lipinski definition) is 2. The fraction of sp³-hybridized carbons (Fsp3) is 0.333. The van der Waals surface area contributed by atoms with Gasteiger partial charge in [-0.2, -0.15) is 0 Å². The molecule has 0 radical (unpaired) electrons. The lowest BCUT2D eigenvalue weighted by molar-refractivity contribution is -0.121. The van der Waals surface area contributed by atoms with E-state index in [1.54, 1.807) is 0 Å². The minimum atomic E-state index is -1.13. The Morgan fingerprint density at radius 3 is 2.68 bits per heavy atom. The Bertz CT molecular complexity index is 513. The number of amides is 1. The quantitative estimate of drug-likeness (QED) is 0.812. The molecule has 2 rings (SSSR count). The van der Waals surface area contributed by atoms with E-state index in [1.807, 2.05) is 0 Å². The molecular weight excluding hydrogens is 254 g/mol. The lowest BCUT2D eigenvalue weighted by Gasteiger charge is -2.09. The molecule has 0 bridgehead atoms. The highest BCUT2D eigenvalue weighted by Crippen LogP contribution is 2.38. The van der Waals surface area contributed by atoms with Crippen LogP contribution < -0.4 is 19.5 Å². The third-order valence-corrected chi connectivity index (χ3v) is 2.57. The van der Waals surface area contributed by atoms with E-state index in [-0.39, 0.29) is 37.0 Å². The molecule has 7 nitrogen and oxygen atoms in total. The summed E-state index contributed by atoms with van der Waals surface area (Å²) in [5.41, 5.74) is -0.0267. The molecule has 102 valence electrons. The summed E-state index contributed by atoms with van der Waals surface area (Å²) in [6.45, 7) is 0.135. The molecule has 1 heterocycles. The normalized spacial score (nSPS) is 12.1. The van der Waals surface area contributed by atoms with Crippen LogP contribution in [-0.2, 0) is 4.79 Å². The maximum Gasteiger partial charge on any atom is 0.339 e. The van der Waals surface area contributed by atoms with Crippen molar-refractivity contribution in [1.82, 2.24) is 5.32 Å². The van der Waals surface area contributed by atoms with E-state index in [2.05, 4.69) is 5.32 Å². The van der Waals surface area contributed by atoms with Crippen LogP contribution in [0.2, 0.25) is 0 Å². The molecule has 0 aromatic heterocycles. The lowest BCUT2D eigenvalue weighted by atomic mass is 10.2. The first-order valence-corrected chi connectivity index (χ1v) is 5.62. The minimum absolute atomic E-state index is 0.0267. The Balaban J connectivity index is 2.14. The summed E-state index contributed by atoms with van der Waals surface area (Å²) in [5, 5.41) is 11.5. The molecule has 0 unspecified atom stereocenters. The summed E-state index contributed by atoms with van der Waals surface area (Å²) in [5.74, 6) is -0.359. The van der Waals surface area contributed by atoms with Gasteiger partial charge >= 0.3 is 5.97 Å². The number of nitrogens with one attached hydrogen (secondary N) is 1. The first-order chi connectivity index (χ1) is 9.11. The monoisotopic (exact) mass is 267 g/mol. The van der Waals surface area contributed by atoms with Crippen molar-refractivity contribution in [3.63, 3.8) is 0 Å². The molecule has 1 aromatic carbocycles. The summed E-state index contributed by atoms with van der Waals surface area (Å²) >= 11 is 0. The van der Waals surface area contributed by atoms with E-state index in [1.165, 1.54) is 19.2 Å². The first-order valence-electron chi connectivity index (χ1n) is 5.62. The predicted molar refractivity (Wildman–Crippen MR) is 63.7 cm³/mol. The van der Waals surface area contributed by atoms with Crippen LogP contribution in [0.15, 0.2) is 12.1 Å². The number of rotatable bonds is 5. The van der Waals surface area contributed by atoms with Crippen molar-refractivity contribution in [3.05, 3.63) is 17.7 Å². The summed E-state index contributed by atoms with van der Waals surface area (Å²) in [4.78, 5) is 22.2. The second-order valence-corrected chi connectivity index (χ2v) is 3.78. The van der Waals surface area contributed by atoms with Gasteiger partial charge in [-0.15, -0.1) is 0 Å². The number of carbonyl (C=O) groups is 2. The second-order valence-electron chi connectivity index (χ2n) is 3.78. The van der Waals surface area contributed by atoms with Crippen molar-refractivity contribution in [1.29, 1.82) is 0 Å². The van der Waals surface area contributed by atoms with Gasteiger partial charge in [0.15, 0.2) is 11.5 Å². The molecule has 1 aliphatic rings. The van der Waals surface area contributed by atoms with Gasteiger partial charge in [-0.3, -0.25) is 4.79 Å². The zero-order valence-electron chi connectivity index (χ0n) is 10.3. The van der Waals surface area contributed by atoms with Gasteiger partial charge in [0, 0.05) is 19.2 Å².